The number of hydrogen-bond donors (Lipinski definition) is 3. The van der Waals surface area contributed by atoms with Crippen molar-refractivity contribution < 1.29 is 14.4 Å². The molecule has 0 aromatic heterocycles. The standard InChI is InChI=1S/C17H24N4O3/c1-12(21-9-7-14(8-10-21)15(18)22)16(23)20-17(24)19-11-13-5-3-2-4-6-13/h2-6,12,14H,7-11H2,1H3,(H2,18,22)(H2,19,20,23,24). The minimum Gasteiger partial charge on any atom is -0.369 e. The van der Waals surface area contributed by atoms with Gasteiger partial charge < -0.3 is 11.1 Å². The maximum atomic E-state index is 12.2. The topological polar surface area (TPSA) is 105 Å². The molecule has 4 N–H and O–H groups in total. The molecule has 130 valence electrons. The van der Waals surface area contributed by atoms with Crippen LogP contribution in [-0.4, -0.2) is 41.9 Å². The largest absolute Gasteiger partial charge is 0.369 e. The summed E-state index contributed by atoms with van der Waals surface area (Å²) in [6.45, 7) is 3.35. The zero-order chi connectivity index (χ0) is 17.5. The molecule has 0 aliphatic carbocycles. The van der Waals surface area contributed by atoms with Crippen LogP contribution in [0.2, 0.25) is 0 Å². The molecule has 0 saturated carbocycles. The maximum absolute atomic E-state index is 12.2. The number of carbonyl (C=O) groups is 3. The van der Waals surface area contributed by atoms with Crippen LogP contribution in [-0.2, 0) is 16.1 Å². The predicted octanol–water partition coefficient (Wildman–Crippen LogP) is 0.598. The summed E-state index contributed by atoms with van der Waals surface area (Å²) in [6.07, 6.45) is 1.29. The molecule has 1 saturated heterocycles. The summed E-state index contributed by atoms with van der Waals surface area (Å²) in [5.74, 6) is -0.754. The van der Waals surface area contributed by atoms with Gasteiger partial charge in [-0.15, -0.1) is 0 Å². The van der Waals surface area contributed by atoms with E-state index in [9.17, 15) is 14.4 Å². The van der Waals surface area contributed by atoms with Crippen LogP contribution in [0.15, 0.2) is 30.3 Å². The lowest BCUT2D eigenvalue weighted by atomic mass is 9.95. The van der Waals surface area contributed by atoms with Gasteiger partial charge in [-0.25, -0.2) is 4.79 Å². The van der Waals surface area contributed by atoms with Crippen LogP contribution in [0.1, 0.15) is 25.3 Å². The number of primary amides is 1. The molecule has 4 amide bonds. The van der Waals surface area contributed by atoms with Gasteiger partial charge in [-0.3, -0.25) is 19.8 Å². The third-order valence-corrected chi connectivity index (χ3v) is 4.39. The first kappa shape index (κ1) is 17.9. The summed E-state index contributed by atoms with van der Waals surface area (Å²) in [4.78, 5) is 37.1. The molecule has 7 heteroatoms. The first-order valence-electron chi connectivity index (χ1n) is 8.13. The Morgan fingerprint density at radius 1 is 1.21 bits per heavy atom. The Balaban J connectivity index is 1.75. The number of nitrogens with zero attached hydrogens (tertiary/aromatic N) is 1. The number of imide groups is 1. The van der Waals surface area contributed by atoms with Gasteiger partial charge in [0.2, 0.25) is 11.8 Å². The molecule has 1 fully saturated rings. The Morgan fingerprint density at radius 3 is 2.42 bits per heavy atom. The van der Waals surface area contributed by atoms with Gasteiger partial charge in [-0.1, -0.05) is 30.3 Å². The van der Waals surface area contributed by atoms with Gasteiger partial charge in [-0.2, -0.15) is 0 Å². The van der Waals surface area contributed by atoms with Crippen molar-refractivity contribution >= 4 is 17.8 Å². The number of benzene rings is 1. The third kappa shape index (κ3) is 5.06. The Bertz CT molecular complexity index is 583. The molecular weight excluding hydrogens is 308 g/mol. The van der Waals surface area contributed by atoms with Crippen molar-refractivity contribution in [3.8, 4) is 0 Å². The second-order valence-corrected chi connectivity index (χ2v) is 6.05. The Morgan fingerprint density at radius 2 is 1.83 bits per heavy atom. The fourth-order valence-corrected chi connectivity index (χ4v) is 2.78. The molecule has 1 atom stereocenters. The maximum Gasteiger partial charge on any atom is 0.321 e. The van der Waals surface area contributed by atoms with E-state index in [4.69, 9.17) is 5.73 Å². The molecule has 0 bridgehead atoms. The average molecular weight is 332 g/mol. The van der Waals surface area contributed by atoms with Gasteiger partial charge in [0.25, 0.3) is 0 Å². The van der Waals surface area contributed by atoms with Crippen molar-refractivity contribution in [1.82, 2.24) is 15.5 Å². The van der Waals surface area contributed by atoms with Crippen LogP contribution < -0.4 is 16.4 Å². The third-order valence-electron chi connectivity index (χ3n) is 4.39. The quantitative estimate of drug-likeness (QED) is 0.734. The summed E-state index contributed by atoms with van der Waals surface area (Å²) in [6, 6.07) is 8.52. The number of carbonyl (C=O) groups excluding carboxylic acids is 3. The lowest BCUT2D eigenvalue weighted by Crippen LogP contribution is -2.52. The van der Waals surface area contributed by atoms with Crippen molar-refractivity contribution in [3.63, 3.8) is 0 Å². The average Bonchev–Trinajstić information content (AvgIpc) is 2.60. The number of nitrogens with one attached hydrogen (secondary N) is 2. The molecule has 2 rings (SSSR count). The number of hydrogen-bond acceptors (Lipinski definition) is 4. The highest BCUT2D eigenvalue weighted by Crippen LogP contribution is 2.18. The number of piperidine rings is 1. The lowest BCUT2D eigenvalue weighted by molar-refractivity contribution is -0.126. The highest BCUT2D eigenvalue weighted by atomic mass is 16.2. The normalized spacial score (nSPS) is 17.0. The van der Waals surface area contributed by atoms with Crippen molar-refractivity contribution in [2.24, 2.45) is 11.7 Å². The predicted molar refractivity (Wildman–Crippen MR) is 89.8 cm³/mol. The zero-order valence-corrected chi connectivity index (χ0v) is 13.8. The summed E-state index contributed by atoms with van der Waals surface area (Å²) >= 11 is 0. The van der Waals surface area contributed by atoms with E-state index in [1.54, 1.807) is 6.92 Å². The molecule has 1 unspecified atom stereocenters. The molecular formula is C17H24N4O3. The van der Waals surface area contributed by atoms with E-state index in [0.29, 0.717) is 32.5 Å². The van der Waals surface area contributed by atoms with Crippen molar-refractivity contribution in [2.75, 3.05) is 13.1 Å². The molecule has 1 aliphatic heterocycles. The van der Waals surface area contributed by atoms with E-state index in [1.807, 2.05) is 35.2 Å². The van der Waals surface area contributed by atoms with E-state index in [0.717, 1.165) is 5.56 Å². The van der Waals surface area contributed by atoms with Crippen LogP contribution in [0.4, 0.5) is 4.79 Å². The van der Waals surface area contributed by atoms with Crippen molar-refractivity contribution in [3.05, 3.63) is 35.9 Å². The molecule has 1 aromatic rings. The monoisotopic (exact) mass is 332 g/mol. The van der Waals surface area contributed by atoms with Crippen LogP contribution in [0.5, 0.6) is 0 Å². The first-order valence-corrected chi connectivity index (χ1v) is 8.13. The van der Waals surface area contributed by atoms with Crippen LogP contribution in [0.3, 0.4) is 0 Å². The molecule has 0 radical (unpaired) electrons. The number of amides is 4. The van der Waals surface area contributed by atoms with Gasteiger partial charge >= 0.3 is 6.03 Å². The van der Waals surface area contributed by atoms with Gasteiger partial charge in [0.15, 0.2) is 0 Å². The molecule has 1 aromatic carbocycles. The highest BCUT2D eigenvalue weighted by molar-refractivity contribution is 5.96. The second kappa shape index (κ2) is 8.44. The lowest BCUT2D eigenvalue weighted by Gasteiger charge is -2.34. The van der Waals surface area contributed by atoms with Gasteiger partial charge in [-0.05, 0) is 38.4 Å². The molecule has 24 heavy (non-hydrogen) atoms. The molecule has 1 heterocycles. The minimum atomic E-state index is -0.511. The van der Waals surface area contributed by atoms with Crippen LogP contribution >= 0.6 is 0 Å². The summed E-state index contributed by atoms with van der Waals surface area (Å²) in [5, 5.41) is 5.02. The fourth-order valence-electron chi connectivity index (χ4n) is 2.78. The van der Waals surface area contributed by atoms with Gasteiger partial charge in [0.05, 0.1) is 6.04 Å². The Hall–Kier alpha value is -2.41. The number of urea groups is 1. The van der Waals surface area contributed by atoms with Gasteiger partial charge in [0.1, 0.15) is 0 Å². The van der Waals surface area contributed by atoms with Gasteiger partial charge in [0, 0.05) is 12.5 Å². The number of nitrogens with two attached hydrogens (primary N) is 1. The van der Waals surface area contributed by atoms with E-state index < -0.39 is 12.1 Å². The summed E-state index contributed by atoms with van der Waals surface area (Å²) < 4.78 is 0. The summed E-state index contributed by atoms with van der Waals surface area (Å²) in [5.41, 5.74) is 6.27. The van der Waals surface area contributed by atoms with Crippen LogP contribution in [0, 0.1) is 5.92 Å². The van der Waals surface area contributed by atoms with E-state index in [1.165, 1.54) is 0 Å². The molecule has 7 nitrogen and oxygen atoms in total. The second-order valence-electron chi connectivity index (χ2n) is 6.05. The van der Waals surface area contributed by atoms with Crippen LogP contribution in [0.25, 0.3) is 0 Å². The number of likely N-dealkylation sites (tertiary alicyclic amines) is 1. The van der Waals surface area contributed by atoms with E-state index in [-0.39, 0.29) is 17.7 Å². The first-order chi connectivity index (χ1) is 11.5. The molecule has 1 aliphatic rings. The highest BCUT2D eigenvalue weighted by Gasteiger charge is 2.29. The zero-order valence-electron chi connectivity index (χ0n) is 13.8. The number of rotatable bonds is 5. The van der Waals surface area contributed by atoms with E-state index in [2.05, 4.69) is 10.6 Å². The summed E-state index contributed by atoms with van der Waals surface area (Å²) in [7, 11) is 0. The SMILES string of the molecule is CC(C(=O)NC(=O)NCc1ccccc1)N1CCC(C(N)=O)CC1. The smallest absolute Gasteiger partial charge is 0.321 e. The van der Waals surface area contributed by atoms with Crippen molar-refractivity contribution in [2.45, 2.75) is 32.4 Å². The Kier molecular flexibility index (Phi) is 6.31. The van der Waals surface area contributed by atoms with Crippen molar-refractivity contribution in [1.29, 1.82) is 0 Å². The molecule has 0 spiro atoms. The van der Waals surface area contributed by atoms with E-state index >= 15 is 0 Å². The minimum absolute atomic E-state index is 0.120. The fraction of sp³-hybridized carbons (Fsp3) is 0.471. The Labute approximate surface area is 141 Å².